The highest BCUT2D eigenvalue weighted by Crippen LogP contribution is 2.11. The van der Waals surface area contributed by atoms with Crippen LogP contribution in [-0.2, 0) is 10.2 Å². The van der Waals surface area contributed by atoms with Crippen LogP contribution in [0.1, 0.15) is 26.7 Å². The summed E-state index contributed by atoms with van der Waals surface area (Å²) < 4.78 is 27.6. The maximum absolute atomic E-state index is 11.8. The molecule has 0 aliphatic carbocycles. The molecule has 6 heteroatoms. The number of nitrogens with two attached hydrogens (primary N) is 1. The quantitative estimate of drug-likeness (QED) is 0.714. The van der Waals surface area contributed by atoms with Gasteiger partial charge in [-0.25, -0.2) is 4.72 Å². The van der Waals surface area contributed by atoms with Gasteiger partial charge in [0.1, 0.15) is 0 Å². The molecule has 0 spiro atoms. The van der Waals surface area contributed by atoms with E-state index in [1.165, 1.54) is 4.31 Å². The minimum absolute atomic E-state index is 0.0191. The van der Waals surface area contributed by atoms with Gasteiger partial charge in [0.25, 0.3) is 10.2 Å². The Labute approximate surface area is 92.2 Å². The number of nitrogens with zero attached hydrogens (tertiary/aromatic N) is 1. The Hall–Kier alpha value is -0.170. The minimum atomic E-state index is -3.31. The number of hydrogen-bond acceptors (Lipinski definition) is 3. The van der Waals surface area contributed by atoms with E-state index in [9.17, 15) is 8.42 Å². The van der Waals surface area contributed by atoms with Gasteiger partial charge in [-0.15, -0.1) is 0 Å². The first kappa shape index (κ1) is 12.9. The average Bonchev–Trinajstić information content (AvgIpc) is 2.15. The Balaban J connectivity index is 2.52. The Kier molecular flexibility index (Phi) is 4.51. The first-order valence-electron chi connectivity index (χ1n) is 5.42. The molecule has 1 heterocycles. The van der Waals surface area contributed by atoms with Crippen LogP contribution in [0.4, 0.5) is 0 Å². The van der Waals surface area contributed by atoms with Crippen molar-refractivity contribution in [1.29, 1.82) is 0 Å². The molecule has 0 amide bonds. The summed E-state index contributed by atoms with van der Waals surface area (Å²) in [6, 6.07) is -0.0191. The molecule has 1 saturated heterocycles. The predicted molar refractivity (Wildman–Crippen MR) is 60.5 cm³/mol. The summed E-state index contributed by atoms with van der Waals surface area (Å²) in [4.78, 5) is 0. The third-order valence-corrected chi connectivity index (χ3v) is 3.98. The molecule has 0 aromatic heterocycles. The van der Waals surface area contributed by atoms with Gasteiger partial charge in [-0.2, -0.15) is 12.7 Å². The van der Waals surface area contributed by atoms with E-state index in [2.05, 4.69) is 4.72 Å². The first-order chi connectivity index (χ1) is 6.92. The van der Waals surface area contributed by atoms with Crippen LogP contribution >= 0.6 is 0 Å². The molecule has 1 aliphatic rings. The second-order valence-corrected chi connectivity index (χ2v) is 6.26. The third kappa shape index (κ3) is 4.06. The lowest BCUT2D eigenvalue weighted by Crippen LogP contribution is -2.50. The summed E-state index contributed by atoms with van der Waals surface area (Å²) in [5.74, 6) is 0.318. The van der Waals surface area contributed by atoms with E-state index in [4.69, 9.17) is 5.73 Å². The van der Waals surface area contributed by atoms with E-state index in [-0.39, 0.29) is 6.04 Å². The largest absolute Gasteiger partial charge is 0.327 e. The molecule has 0 saturated carbocycles. The standard InChI is InChI=1S/C9H21N3O2S/c1-8(2)6-11-15(13,14)12-5-3-4-9(10)7-12/h8-9,11H,3-7,10H2,1-2H3/t9-/m1/s1. The maximum Gasteiger partial charge on any atom is 0.279 e. The fourth-order valence-corrected chi connectivity index (χ4v) is 3.04. The Morgan fingerprint density at radius 3 is 2.73 bits per heavy atom. The highest BCUT2D eigenvalue weighted by molar-refractivity contribution is 7.87. The first-order valence-corrected chi connectivity index (χ1v) is 6.86. The molecular formula is C9H21N3O2S. The van der Waals surface area contributed by atoms with Crippen LogP contribution in [0.5, 0.6) is 0 Å². The van der Waals surface area contributed by atoms with Crippen molar-refractivity contribution in [2.24, 2.45) is 11.7 Å². The zero-order chi connectivity index (χ0) is 11.5. The summed E-state index contributed by atoms with van der Waals surface area (Å²) in [5.41, 5.74) is 5.74. The summed E-state index contributed by atoms with van der Waals surface area (Å²) in [5, 5.41) is 0. The average molecular weight is 235 g/mol. The van der Waals surface area contributed by atoms with Gasteiger partial charge in [0.15, 0.2) is 0 Å². The van der Waals surface area contributed by atoms with Crippen molar-refractivity contribution in [1.82, 2.24) is 9.03 Å². The molecule has 1 atom stereocenters. The van der Waals surface area contributed by atoms with E-state index >= 15 is 0 Å². The molecule has 0 bridgehead atoms. The van der Waals surface area contributed by atoms with Gasteiger partial charge < -0.3 is 5.73 Å². The molecule has 3 N–H and O–H groups in total. The monoisotopic (exact) mass is 235 g/mol. The van der Waals surface area contributed by atoms with Crippen molar-refractivity contribution in [2.45, 2.75) is 32.7 Å². The van der Waals surface area contributed by atoms with Crippen LogP contribution in [-0.4, -0.2) is 38.4 Å². The highest BCUT2D eigenvalue weighted by atomic mass is 32.2. The summed E-state index contributed by atoms with van der Waals surface area (Å²) in [7, 11) is -3.31. The smallest absolute Gasteiger partial charge is 0.279 e. The van der Waals surface area contributed by atoms with Gasteiger partial charge in [-0.1, -0.05) is 13.8 Å². The molecule has 5 nitrogen and oxygen atoms in total. The van der Waals surface area contributed by atoms with Gasteiger partial charge in [0, 0.05) is 25.7 Å². The van der Waals surface area contributed by atoms with Crippen LogP contribution in [0.15, 0.2) is 0 Å². The molecule has 90 valence electrons. The fourth-order valence-electron chi connectivity index (χ4n) is 1.56. The Morgan fingerprint density at radius 2 is 2.20 bits per heavy atom. The summed E-state index contributed by atoms with van der Waals surface area (Å²) >= 11 is 0. The Bertz CT molecular complexity index is 290. The van der Waals surface area contributed by atoms with Gasteiger partial charge in [0.2, 0.25) is 0 Å². The van der Waals surface area contributed by atoms with Gasteiger partial charge >= 0.3 is 0 Å². The van der Waals surface area contributed by atoms with Crippen molar-refractivity contribution in [3.63, 3.8) is 0 Å². The molecule has 1 aliphatic heterocycles. The van der Waals surface area contributed by atoms with E-state index in [1.54, 1.807) is 0 Å². The van der Waals surface area contributed by atoms with E-state index in [0.29, 0.717) is 25.6 Å². The lowest BCUT2D eigenvalue weighted by Gasteiger charge is -2.30. The van der Waals surface area contributed by atoms with Crippen molar-refractivity contribution in [2.75, 3.05) is 19.6 Å². The van der Waals surface area contributed by atoms with Gasteiger partial charge in [-0.05, 0) is 18.8 Å². The lowest BCUT2D eigenvalue weighted by atomic mass is 10.1. The lowest BCUT2D eigenvalue weighted by molar-refractivity contribution is 0.311. The Morgan fingerprint density at radius 1 is 1.53 bits per heavy atom. The highest BCUT2D eigenvalue weighted by Gasteiger charge is 2.26. The third-order valence-electron chi connectivity index (χ3n) is 2.43. The molecule has 0 unspecified atom stereocenters. The van der Waals surface area contributed by atoms with Crippen molar-refractivity contribution < 1.29 is 8.42 Å². The molecule has 0 aromatic carbocycles. The van der Waals surface area contributed by atoms with Crippen LogP contribution in [0.2, 0.25) is 0 Å². The van der Waals surface area contributed by atoms with E-state index < -0.39 is 10.2 Å². The van der Waals surface area contributed by atoms with Crippen LogP contribution in [0, 0.1) is 5.92 Å². The minimum Gasteiger partial charge on any atom is -0.327 e. The molecule has 0 aromatic rings. The molecule has 1 rings (SSSR count). The number of rotatable bonds is 4. The van der Waals surface area contributed by atoms with Gasteiger partial charge in [0.05, 0.1) is 0 Å². The van der Waals surface area contributed by atoms with E-state index in [1.807, 2.05) is 13.8 Å². The SMILES string of the molecule is CC(C)CNS(=O)(=O)N1CCC[C@@H](N)C1. The van der Waals surface area contributed by atoms with Crippen molar-refractivity contribution in [3.8, 4) is 0 Å². The molecule has 1 fully saturated rings. The predicted octanol–water partition coefficient (Wildman–Crippen LogP) is -0.100. The molecule has 0 radical (unpaired) electrons. The summed E-state index contributed by atoms with van der Waals surface area (Å²) in [6.07, 6.45) is 1.76. The van der Waals surface area contributed by atoms with Crippen molar-refractivity contribution in [3.05, 3.63) is 0 Å². The second-order valence-electron chi connectivity index (χ2n) is 4.51. The summed E-state index contributed by atoms with van der Waals surface area (Å²) in [6.45, 7) is 5.46. The zero-order valence-electron chi connectivity index (χ0n) is 9.44. The van der Waals surface area contributed by atoms with Gasteiger partial charge in [-0.3, -0.25) is 0 Å². The van der Waals surface area contributed by atoms with E-state index in [0.717, 1.165) is 12.8 Å². The molecule has 15 heavy (non-hydrogen) atoms. The fraction of sp³-hybridized carbons (Fsp3) is 1.00. The van der Waals surface area contributed by atoms with Crippen LogP contribution in [0.25, 0.3) is 0 Å². The second kappa shape index (κ2) is 5.25. The maximum atomic E-state index is 11.8. The normalized spacial score (nSPS) is 24.7. The molecular weight excluding hydrogens is 214 g/mol. The number of piperidine rings is 1. The van der Waals surface area contributed by atoms with Crippen LogP contribution < -0.4 is 10.5 Å². The van der Waals surface area contributed by atoms with Crippen LogP contribution in [0.3, 0.4) is 0 Å². The van der Waals surface area contributed by atoms with Crippen molar-refractivity contribution >= 4 is 10.2 Å². The number of hydrogen-bond donors (Lipinski definition) is 2. The number of nitrogens with one attached hydrogen (secondary N) is 1. The zero-order valence-corrected chi connectivity index (χ0v) is 10.3. The topological polar surface area (TPSA) is 75.4 Å².